The number of nitrogens with one attached hydrogen (secondary N) is 1. The first-order valence-corrected chi connectivity index (χ1v) is 7.14. The summed E-state index contributed by atoms with van der Waals surface area (Å²) in [6.45, 7) is 0.697. The van der Waals surface area contributed by atoms with Gasteiger partial charge in [0.1, 0.15) is 11.6 Å². The zero-order chi connectivity index (χ0) is 14.8. The number of rotatable bonds is 5. The van der Waals surface area contributed by atoms with Gasteiger partial charge in [-0.05, 0) is 54.8 Å². The summed E-state index contributed by atoms with van der Waals surface area (Å²) in [5.74, 6) is -0.564. The van der Waals surface area contributed by atoms with Gasteiger partial charge in [0, 0.05) is 25.3 Å². The van der Waals surface area contributed by atoms with Crippen molar-refractivity contribution in [3.8, 4) is 0 Å². The highest BCUT2D eigenvalue weighted by molar-refractivity contribution is 5.63. The third-order valence-electron chi connectivity index (χ3n) is 3.76. The highest BCUT2D eigenvalue weighted by Crippen LogP contribution is 2.27. The molecule has 1 saturated carbocycles. The molecule has 0 unspecified atom stereocenters. The first-order chi connectivity index (χ1) is 10.1. The second kappa shape index (κ2) is 5.82. The van der Waals surface area contributed by atoms with Crippen LogP contribution in [-0.2, 0) is 6.54 Å². The zero-order valence-corrected chi connectivity index (χ0v) is 11.9. The number of halogens is 2. The lowest BCUT2D eigenvalue weighted by Gasteiger charge is -2.20. The molecular formula is C17H18F2N2. The van der Waals surface area contributed by atoms with Crippen LogP contribution in [0.5, 0.6) is 0 Å². The van der Waals surface area contributed by atoms with Crippen molar-refractivity contribution in [2.24, 2.45) is 0 Å². The molecule has 0 aromatic heterocycles. The smallest absolute Gasteiger partial charge is 0.147 e. The van der Waals surface area contributed by atoms with Crippen LogP contribution in [0.3, 0.4) is 0 Å². The highest BCUT2D eigenvalue weighted by Gasteiger charge is 2.20. The predicted molar refractivity (Wildman–Crippen MR) is 80.7 cm³/mol. The van der Waals surface area contributed by atoms with Crippen molar-refractivity contribution >= 4 is 11.4 Å². The number of hydrogen-bond donors (Lipinski definition) is 1. The SMILES string of the molecule is CN(c1ccc(F)cc1)c1ccc(CNC2CC2)cc1F. The van der Waals surface area contributed by atoms with Gasteiger partial charge in [-0.1, -0.05) is 6.07 Å². The van der Waals surface area contributed by atoms with Crippen LogP contribution in [0.15, 0.2) is 42.5 Å². The van der Waals surface area contributed by atoms with E-state index in [0.717, 1.165) is 11.3 Å². The summed E-state index contributed by atoms with van der Waals surface area (Å²) in [5.41, 5.74) is 2.17. The van der Waals surface area contributed by atoms with Crippen molar-refractivity contribution in [1.82, 2.24) is 5.32 Å². The molecule has 0 radical (unpaired) electrons. The first kappa shape index (κ1) is 14.0. The Morgan fingerprint density at radius 1 is 1.10 bits per heavy atom. The molecule has 0 heterocycles. The van der Waals surface area contributed by atoms with Gasteiger partial charge in [-0.25, -0.2) is 8.78 Å². The number of benzene rings is 2. The van der Waals surface area contributed by atoms with Crippen molar-refractivity contribution in [3.05, 3.63) is 59.7 Å². The lowest BCUT2D eigenvalue weighted by molar-refractivity contribution is 0.619. The Hall–Kier alpha value is -1.94. The summed E-state index contributed by atoms with van der Waals surface area (Å²) in [7, 11) is 1.77. The quantitative estimate of drug-likeness (QED) is 0.895. The van der Waals surface area contributed by atoms with Gasteiger partial charge < -0.3 is 10.2 Å². The third-order valence-corrected chi connectivity index (χ3v) is 3.76. The Kier molecular flexibility index (Phi) is 3.88. The van der Waals surface area contributed by atoms with Crippen LogP contribution in [0.1, 0.15) is 18.4 Å². The lowest BCUT2D eigenvalue weighted by Crippen LogP contribution is -2.16. The molecule has 0 spiro atoms. The maximum atomic E-state index is 14.3. The molecule has 2 aromatic carbocycles. The molecule has 4 heteroatoms. The molecule has 0 aliphatic heterocycles. The molecule has 21 heavy (non-hydrogen) atoms. The average molecular weight is 288 g/mol. The van der Waals surface area contributed by atoms with E-state index in [1.54, 1.807) is 36.2 Å². The van der Waals surface area contributed by atoms with Crippen LogP contribution >= 0.6 is 0 Å². The summed E-state index contributed by atoms with van der Waals surface area (Å²) < 4.78 is 27.2. The van der Waals surface area contributed by atoms with Gasteiger partial charge in [-0.15, -0.1) is 0 Å². The van der Waals surface area contributed by atoms with Gasteiger partial charge in [0.25, 0.3) is 0 Å². The van der Waals surface area contributed by atoms with E-state index in [1.165, 1.54) is 25.0 Å². The van der Waals surface area contributed by atoms with Crippen LogP contribution < -0.4 is 10.2 Å². The summed E-state index contributed by atoms with van der Waals surface area (Å²) in [6, 6.07) is 11.9. The van der Waals surface area contributed by atoms with E-state index < -0.39 is 0 Å². The monoisotopic (exact) mass is 288 g/mol. The molecule has 2 nitrogen and oxygen atoms in total. The molecule has 0 atom stereocenters. The molecule has 0 saturated heterocycles. The Bertz CT molecular complexity index is 621. The van der Waals surface area contributed by atoms with Crippen LogP contribution in [0, 0.1) is 11.6 Å². The van der Waals surface area contributed by atoms with E-state index in [0.29, 0.717) is 18.3 Å². The minimum Gasteiger partial charge on any atom is -0.342 e. The zero-order valence-electron chi connectivity index (χ0n) is 11.9. The molecule has 1 aliphatic rings. The molecule has 0 amide bonds. The van der Waals surface area contributed by atoms with E-state index >= 15 is 0 Å². The summed E-state index contributed by atoms with van der Waals surface area (Å²) in [5, 5.41) is 3.36. The Morgan fingerprint density at radius 2 is 1.81 bits per heavy atom. The minimum absolute atomic E-state index is 0.267. The normalized spacial score (nSPS) is 14.2. The van der Waals surface area contributed by atoms with Gasteiger partial charge in [-0.3, -0.25) is 0 Å². The summed E-state index contributed by atoms with van der Waals surface area (Å²) >= 11 is 0. The summed E-state index contributed by atoms with van der Waals surface area (Å²) in [4.78, 5) is 1.72. The Morgan fingerprint density at radius 3 is 2.43 bits per heavy atom. The first-order valence-electron chi connectivity index (χ1n) is 7.14. The van der Waals surface area contributed by atoms with E-state index in [-0.39, 0.29) is 11.6 Å². The molecule has 0 bridgehead atoms. The highest BCUT2D eigenvalue weighted by atomic mass is 19.1. The fourth-order valence-electron chi connectivity index (χ4n) is 2.29. The maximum absolute atomic E-state index is 14.3. The van der Waals surface area contributed by atoms with Gasteiger partial charge in [0.05, 0.1) is 5.69 Å². The van der Waals surface area contributed by atoms with Gasteiger partial charge in [0.15, 0.2) is 0 Å². The summed E-state index contributed by atoms with van der Waals surface area (Å²) in [6.07, 6.45) is 2.43. The van der Waals surface area contributed by atoms with E-state index in [1.807, 2.05) is 6.07 Å². The molecule has 1 aliphatic carbocycles. The molecular weight excluding hydrogens is 270 g/mol. The maximum Gasteiger partial charge on any atom is 0.147 e. The third kappa shape index (κ3) is 3.39. The standard InChI is InChI=1S/C17H18F2N2/c1-21(15-7-3-13(18)4-8-15)17-9-2-12(10-16(17)19)11-20-14-5-6-14/h2-4,7-10,14,20H,5-6,11H2,1H3. The fourth-order valence-corrected chi connectivity index (χ4v) is 2.29. The largest absolute Gasteiger partial charge is 0.342 e. The van der Waals surface area contributed by atoms with E-state index in [4.69, 9.17) is 0 Å². The van der Waals surface area contributed by atoms with E-state index in [2.05, 4.69) is 5.32 Å². The number of hydrogen-bond acceptors (Lipinski definition) is 2. The van der Waals surface area contributed by atoms with Crippen LogP contribution in [0.2, 0.25) is 0 Å². The topological polar surface area (TPSA) is 15.3 Å². The Balaban J connectivity index is 1.75. The van der Waals surface area contributed by atoms with Crippen molar-refractivity contribution in [2.45, 2.75) is 25.4 Å². The Labute approximate surface area is 123 Å². The molecule has 1 fully saturated rings. The number of anilines is 2. The van der Waals surface area contributed by atoms with Crippen molar-refractivity contribution in [2.75, 3.05) is 11.9 Å². The van der Waals surface area contributed by atoms with Gasteiger partial charge in [0.2, 0.25) is 0 Å². The van der Waals surface area contributed by atoms with Crippen LogP contribution in [-0.4, -0.2) is 13.1 Å². The predicted octanol–water partition coefficient (Wildman–Crippen LogP) is 3.98. The molecule has 1 N–H and O–H groups in total. The average Bonchev–Trinajstić information content (AvgIpc) is 3.29. The molecule has 3 rings (SSSR count). The second-order valence-electron chi connectivity index (χ2n) is 5.48. The van der Waals surface area contributed by atoms with Gasteiger partial charge in [-0.2, -0.15) is 0 Å². The van der Waals surface area contributed by atoms with Crippen LogP contribution in [0.4, 0.5) is 20.2 Å². The van der Waals surface area contributed by atoms with Crippen molar-refractivity contribution < 1.29 is 8.78 Å². The van der Waals surface area contributed by atoms with E-state index in [9.17, 15) is 8.78 Å². The minimum atomic E-state index is -0.297. The second-order valence-corrected chi connectivity index (χ2v) is 5.48. The molecule has 2 aromatic rings. The van der Waals surface area contributed by atoms with Gasteiger partial charge >= 0.3 is 0 Å². The number of nitrogens with zero attached hydrogens (tertiary/aromatic N) is 1. The fraction of sp³-hybridized carbons (Fsp3) is 0.294. The molecule has 110 valence electrons. The van der Waals surface area contributed by atoms with Crippen LogP contribution in [0.25, 0.3) is 0 Å². The van der Waals surface area contributed by atoms with Crippen molar-refractivity contribution in [3.63, 3.8) is 0 Å². The van der Waals surface area contributed by atoms with Crippen molar-refractivity contribution in [1.29, 1.82) is 0 Å². The lowest BCUT2D eigenvalue weighted by atomic mass is 10.1.